The van der Waals surface area contributed by atoms with Crippen LogP contribution in [0.2, 0.25) is 0 Å². The van der Waals surface area contributed by atoms with Gasteiger partial charge in [-0.25, -0.2) is 0 Å². The first-order valence-electron chi connectivity index (χ1n) is 3.61. The van der Waals surface area contributed by atoms with Crippen molar-refractivity contribution in [3.05, 3.63) is 25.7 Å². The smallest absolute Gasteiger partial charge is 0.160 e. The van der Waals surface area contributed by atoms with Crippen molar-refractivity contribution in [1.82, 2.24) is 0 Å². The Kier molecular flexibility index (Phi) is 3.73. The molecule has 0 fully saturated rings. The van der Waals surface area contributed by atoms with Gasteiger partial charge in [0.15, 0.2) is 5.78 Å². The zero-order valence-electron chi connectivity index (χ0n) is 7.23. The van der Waals surface area contributed by atoms with E-state index in [9.17, 15) is 4.79 Å². The largest absolute Gasteiger partial charge is 0.496 e. The number of halogens is 2. The van der Waals surface area contributed by atoms with Crippen LogP contribution in [0.25, 0.3) is 0 Å². The zero-order valence-corrected chi connectivity index (χ0v) is 11.0. The third kappa shape index (κ3) is 2.22. The Morgan fingerprint density at radius 2 is 2.15 bits per heavy atom. The summed E-state index contributed by atoms with van der Waals surface area (Å²) >= 11 is 5.50. The molecule has 0 aliphatic rings. The van der Waals surface area contributed by atoms with Gasteiger partial charge < -0.3 is 4.74 Å². The van der Waals surface area contributed by atoms with Gasteiger partial charge in [-0.1, -0.05) is 0 Å². The number of carbonyl (C=O) groups is 1. The van der Waals surface area contributed by atoms with Gasteiger partial charge >= 0.3 is 0 Å². The second-order valence-electron chi connectivity index (χ2n) is 2.50. The molecule has 0 radical (unpaired) electrons. The third-order valence-corrected chi connectivity index (χ3v) is 4.28. The standard InChI is InChI=1S/C9H8BrIO2/c1-5(12)6-3-4-7(13-2)9(11)8(6)10/h3-4H,1-2H3. The molecule has 70 valence electrons. The Balaban J connectivity index is 3.31. The van der Waals surface area contributed by atoms with Crippen molar-refractivity contribution < 1.29 is 9.53 Å². The number of rotatable bonds is 2. The van der Waals surface area contributed by atoms with Crippen LogP contribution < -0.4 is 4.74 Å². The lowest BCUT2D eigenvalue weighted by Gasteiger charge is -2.07. The Labute approximate surface area is 98.9 Å². The number of methoxy groups -OCH3 is 1. The van der Waals surface area contributed by atoms with E-state index in [1.807, 2.05) is 0 Å². The Hall–Kier alpha value is -0.100. The molecule has 0 unspecified atom stereocenters. The fraction of sp³-hybridized carbons (Fsp3) is 0.222. The fourth-order valence-corrected chi connectivity index (χ4v) is 2.26. The van der Waals surface area contributed by atoms with E-state index in [0.717, 1.165) is 13.8 Å². The molecule has 0 heterocycles. The predicted octanol–water partition coefficient (Wildman–Crippen LogP) is 3.26. The molecule has 0 aliphatic carbocycles. The second kappa shape index (κ2) is 4.41. The molecule has 0 bridgehead atoms. The normalized spacial score (nSPS) is 9.85. The Morgan fingerprint density at radius 1 is 1.54 bits per heavy atom. The van der Waals surface area contributed by atoms with E-state index < -0.39 is 0 Å². The van der Waals surface area contributed by atoms with Crippen molar-refractivity contribution in [2.75, 3.05) is 7.11 Å². The SMILES string of the molecule is COc1ccc(C(C)=O)c(Br)c1I. The molecule has 1 rings (SSSR count). The summed E-state index contributed by atoms with van der Waals surface area (Å²) in [6, 6.07) is 3.55. The van der Waals surface area contributed by atoms with Gasteiger partial charge in [-0.05, 0) is 57.6 Å². The summed E-state index contributed by atoms with van der Waals surface area (Å²) in [4.78, 5) is 11.1. The first-order chi connectivity index (χ1) is 6.07. The molecule has 0 aliphatic heterocycles. The molecule has 0 N–H and O–H groups in total. The van der Waals surface area contributed by atoms with Crippen molar-refractivity contribution >= 4 is 44.3 Å². The highest BCUT2D eigenvalue weighted by atomic mass is 127. The average molecular weight is 355 g/mol. The van der Waals surface area contributed by atoms with E-state index >= 15 is 0 Å². The summed E-state index contributed by atoms with van der Waals surface area (Å²) < 4.78 is 6.84. The van der Waals surface area contributed by atoms with Gasteiger partial charge in [0, 0.05) is 10.0 Å². The van der Waals surface area contributed by atoms with Crippen molar-refractivity contribution in [2.24, 2.45) is 0 Å². The number of benzene rings is 1. The number of ketones is 1. The number of hydrogen-bond donors (Lipinski definition) is 0. The van der Waals surface area contributed by atoms with Crippen LogP contribution >= 0.6 is 38.5 Å². The molecule has 4 heteroatoms. The molecule has 0 saturated carbocycles. The summed E-state index contributed by atoms with van der Waals surface area (Å²) in [6.45, 7) is 1.54. The minimum absolute atomic E-state index is 0.0486. The van der Waals surface area contributed by atoms with Crippen LogP contribution in [0.15, 0.2) is 16.6 Å². The minimum Gasteiger partial charge on any atom is -0.496 e. The van der Waals surface area contributed by atoms with Crippen molar-refractivity contribution in [3.63, 3.8) is 0 Å². The lowest BCUT2D eigenvalue weighted by Crippen LogP contribution is -1.97. The zero-order chi connectivity index (χ0) is 10.0. The van der Waals surface area contributed by atoms with Crippen LogP contribution in [-0.2, 0) is 0 Å². The van der Waals surface area contributed by atoms with E-state index in [1.165, 1.54) is 0 Å². The number of Topliss-reactive ketones (excluding diaryl/α,β-unsaturated/α-hetero) is 1. The van der Waals surface area contributed by atoms with Gasteiger partial charge in [0.1, 0.15) is 5.75 Å². The van der Waals surface area contributed by atoms with Crippen LogP contribution in [0.3, 0.4) is 0 Å². The fourth-order valence-electron chi connectivity index (χ4n) is 0.961. The molecule has 0 saturated heterocycles. The molecule has 0 atom stereocenters. The van der Waals surface area contributed by atoms with Crippen molar-refractivity contribution in [2.45, 2.75) is 6.92 Å². The lowest BCUT2D eigenvalue weighted by atomic mass is 10.1. The summed E-state index contributed by atoms with van der Waals surface area (Å²) in [7, 11) is 1.61. The van der Waals surface area contributed by atoms with Gasteiger partial charge in [-0.2, -0.15) is 0 Å². The maximum atomic E-state index is 11.1. The summed E-state index contributed by atoms with van der Waals surface area (Å²) in [6.07, 6.45) is 0. The molecular formula is C9H8BrIO2. The molecule has 0 spiro atoms. The van der Waals surface area contributed by atoms with E-state index in [-0.39, 0.29) is 5.78 Å². The molecule has 0 amide bonds. The monoisotopic (exact) mass is 354 g/mol. The van der Waals surface area contributed by atoms with Gasteiger partial charge in [-0.3, -0.25) is 4.79 Å². The molecule has 0 aromatic heterocycles. The van der Waals surface area contributed by atoms with Crippen LogP contribution in [0.4, 0.5) is 0 Å². The Morgan fingerprint density at radius 3 is 2.62 bits per heavy atom. The molecule has 1 aromatic rings. The molecular weight excluding hydrogens is 347 g/mol. The van der Waals surface area contributed by atoms with E-state index in [1.54, 1.807) is 26.2 Å². The molecule has 2 nitrogen and oxygen atoms in total. The van der Waals surface area contributed by atoms with Crippen LogP contribution in [0.5, 0.6) is 5.75 Å². The average Bonchev–Trinajstić information content (AvgIpc) is 2.09. The van der Waals surface area contributed by atoms with Gasteiger partial charge in [-0.15, -0.1) is 0 Å². The summed E-state index contributed by atoms with van der Waals surface area (Å²) in [5, 5.41) is 0. The van der Waals surface area contributed by atoms with E-state index in [2.05, 4.69) is 38.5 Å². The van der Waals surface area contributed by atoms with Crippen LogP contribution in [0, 0.1) is 3.57 Å². The van der Waals surface area contributed by atoms with Gasteiger partial charge in [0.2, 0.25) is 0 Å². The number of ether oxygens (including phenoxy) is 1. The second-order valence-corrected chi connectivity index (χ2v) is 4.37. The highest BCUT2D eigenvalue weighted by molar-refractivity contribution is 14.1. The summed E-state index contributed by atoms with van der Waals surface area (Å²) in [5.41, 5.74) is 0.685. The third-order valence-electron chi connectivity index (χ3n) is 1.65. The highest BCUT2D eigenvalue weighted by Gasteiger charge is 2.11. The maximum absolute atomic E-state index is 11.1. The van der Waals surface area contributed by atoms with Gasteiger partial charge in [0.05, 0.1) is 10.7 Å². The van der Waals surface area contributed by atoms with Crippen LogP contribution in [-0.4, -0.2) is 12.9 Å². The lowest BCUT2D eigenvalue weighted by molar-refractivity contribution is 0.101. The molecule has 1 aromatic carbocycles. The van der Waals surface area contributed by atoms with Gasteiger partial charge in [0.25, 0.3) is 0 Å². The predicted molar refractivity (Wildman–Crippen MR) is 63.4 cm³/mol. The first kappa shape index (κ1) is 11.0. The van der Waals surface area contributed by atoms with E-state index in [0.29, 0.717) is 5.56 Å². The maximum Gasteiger partial charge on any atom is 0.160 e. The quantitative estimate of drug-likeness (QED) is 0.602. The molecule has 13 heavy (non-hydrogen) atoms. The number of carbonyl (C=O) groups excluding carboxylic acids is 1. The van der Waals surface area contributed by atoms with Crippen molar-refractivity contribution in [1.29, 1.82) is 0 Å². The van der Waals surface area contributed by atoms with Crippen LogP contribution in [0.1, 0.15) is 17.3 Å². The van der Waals surface area contributed by atoms with E-state index in [4.69, 9.17) is 4.74 Å². The first-order valence-corrected chi connectivity index (χ1v) is 5.48. The highest BCUT2D eigenvalue weighted by Crippen LogP contribution is 2.31. The topological polar surface area (TPSA) is 26.3 Å². The number of hydrogen-bond acceptors (Lipinski definition) is 2. The summed E-state index contributed by atoms with van der Waals surface area (Å²) in [5.74, 6) is 0.824. The Bertz CT molecular complexity index is 350. The van der Waals surface area contributed by atoms with Crippen molar-refractivity contribution in [3.8, 4) is 5.75 Å². The minimum atomic E-state index is 0.0486.